The van der Waals surface area contributed by atoms with Crippen LogP contribution in [0.15, 0.2) is 6.20 Å². The van der Waals surface area contributed by atoms with Gasteiger partial charge in [-0.05, 0) is 0 Å². The van der Waals surface area contributed by atoms with E-state index in [-0.39, 0.29) is 17.8 Å². The van der Waals surface area contributed by atoms with Crippen molar-refractivity contribution in [3.05, 3.63) is 17.5 Å². The van der Waals surface area contributed by atoms with Gasteiger partial charge in [0.05, 0.1) is 19.0 Å². The van der Waals surface area contributed by atoms with E-state index in [0.29, 0.717) is 0 Å². The first kappa shape index (κ1) is 14.0. The lowest BCUT2D eigenvalue weighted by Crippen LogP contribution is -2.22. The molecule has 0 spiro atoms. The zero-order valence-electron chi connectivity index (χ0n) is 9.25. The van der Waals surface area contributed by atoms with Crippen molar-refractivity contribution in [1.29, 1.82) is 0 Å². The van der Waals surface area contributed by atoms with Gasteiger partial charge in [-0.2, -0.15) is 0 Å². The van der Waals surface area contributed by atoms with Crippen LogP contribution in [0, 0.1) is 0 Å². The second-order valence-electron chi connectivity index (χ2n) is 3.11. The summed E-state index contributed by atoms with van der Waals surface area (Å²) in [4.78, 5) is 14.7. The molecule has 1 heterocycles. The van der Waals surface area contributed by atoms with Gasteiger partial charge in [0.1, 0.15) is 0 Å². The SMILES string of the molecule is COC(=O)c1ncc(N)c(CN)c1OC(F)(F)F. The molecule has 1 rings (SSSR count). The first-order valence-corrected chi connectivity index (χ1v) is 4.61. The number of anilines is 1. The molecule has 0 bridgehead atoms. The van der Waals surface area contributed by atoms with Crippen molar-refractivity contribution in [2.24, 2.45) is 5.73 Å². The topological polar surface area (TPSA) is 100 Å². The van der Waals surface area contributed by atoms with Gasteiger partial charge in [-0.25, -0.2) is 9.78 Å². The molecule has 0 atom stereocenters. The molecule has 0 radical (unpaired) electrons. The molecule has 6 nitrogen and oxygen atoms in total. The fraction of sp³-hybridized carbons (Fsp3) is 0.333. The number of nitrogens with two attached hydrogens (primary N) is 2. The standard InChI is InChI=1S/C9H10F3N3O3/c1-17-8(16)6-7(18-9(10,11)12)4(2-13)5(14)3-15-6/h3H,2,13-14H2,1H3. The third-order valence-electron chi connectivity index (χ3n) is 1.97. The molecule has 0 fully saturated rings. The molecule has 4 N–H and O–H groups in total. The number of carbonyl (C=O) groups is 1. The van der Waals surface area contributed by atoms with E-state index in [2.05, 4.69) is 14.5 Å². The van der Waals surface area contributed by atoms with Gasteiger partial charge in [0.2, 0.25) is 0 Å². The van der Waals surface area contributed by atoms with Crippen molar-refractivity contribution in [3.8, 4) is 5.75 Å². The summed E-state index contributed by atoms with van der Waals surface area (Å²) in [5, 5.41) is 0. The van der Waals surface area contributed by atoms with E-state index >= 15 is 0 Å². The maximum atomic E-state index is 12.3. The molecule has 0 amide bonds. The molecule has 0 saturated heterocycles. The molecule has 1 aromatic rings. The van der Waals surface area contributed by atoms with Gasteiger partial charge in [-0.1, -0.05) is 0 Å². The normalized spacial score (nSPS) is 11.2. The van der Waals surface area contributed by atoms with E-state index in [4.69, 9.17) is 11.5 Å². The summed E-state index contributed by atoms with van der Waals surface area (Å²) < 4.78 is 44.8. The molecule has 0 aliphatic heterocycles. The van der Waals surface area contributed by atoms with Crippen LogP contribution in [-0.4, -0.2) is 24.4 Å². The number of hydrogen-bond acceptors (Lipinski definition) is 6. The zero-order chi connectivity index (χ0) is 13.9. The minimum Gasteiger partial charge on any atom is -0.464 e. The summed E-state index contributed by atoms with van der Waals surface area (Å²) in [6.07, 6.45) is -3.99. The number of nitrogen functional groups attached to an aromatic ring is 1. The van der Waals surface area contributed by atoms with E-state index in [0.717, 1.165) is 13.3 Å². The number of alkyl halides is 3. The Labute approximate surface area is 99.7 Å². The number of hydrogen-bond donors (Lipinski definition) is 2. The fourth-order valence-electron chi connectivity index (χ4n) is 1.22. The summed E-state index contributed by atoms with van der Waals surface area (Å²) in [7, 11) is 1.000. The van der Waals surface area contributed by atoms with Gasteiger partial charge in [0.25, 0.3) is 0 Å². The Morgan fingerprint density at radius 2 is 2.11 bits per heavy atom. The predicted octanol–water partition coefficient (Wildman–Crippen LogP) is 0.808. The van der Waals surface area contributed by atoms with Crippen molar-refractivity contribution >= 4 is 11.7 Å². The molecule has 9 heteroatoms. The second kappa shape index (κ2) is 5.08. The molecule has 0 saturated carbocycles. The summed E-state index contributed by atoms with van der Waals surface area (Å²) >= 11 is 0. The largest absolute Gasteiger partial charge is 0.573 e. The minimum absolute atomic E-state index is 0.107. The number of esters is 1. The number of pyridine rings is 1. The molecule has 0 aliphatic rings. The quantitative estimate of drug-likeness (QED) is 0.784. The van der Waals surface area contributed by atoms with Crippen LogP contribution in [0.3, 0.4) is 0 Å². The van der Waals surface area contributed by atoms with E-state index in [1.54, 1.807) is 0 Å². The predicted molar refractivity (Wildman–Crippen MR) is 54.6 cm³/mol. The molecule has 100 valence electrons. The number of methoxy groups -OCH3 is 1. The fourth-order valence-corrected chi connectivity index (χ4v) is 1.22. The number of rotatable bonds is 3. The summed E-state index contributed by atoms with van der Waals surface area (Å²) in [6, 6.07) is 0. The van der Waals surface area contributed by atoms with Crippen molar-refractivity contribution < 1.29 is 27.4 Å². The Bertz CT molecular complexity index is 462. The molecule has 0 aliphatic carbocycles. The summed E-state index contributed by atoms with van der Waals surface area (Å²) in [5.41, 5.74) is 9.79. The van der Waals surface area contributed by atoms with Crippen LogP contribution >= 0.6 is 0 Å². The van der Waals surface area contributed by atoms with Crippen LogP contribution in [-0.2, 0) is 11.3 Å². The van der Waals surface area contributed by atoms with Crippen LogP contribution in [0.4, 0.5) is 18.9 Å². The van der Waals surface area contributed by atoms with Gasteiger partial charge >= 0.3 is 12.3 Å². The number of nitrogens with zero attached hydrogens (tertiary/aromatic N) is 1. The highest BCUT2D eigenvalue weighted by Crippen LogP contribution is 2.32. The van der Waals surface area contributed by atoms with Crippen LogP contribution in [0.1, 0.15) is 16.1 Å². The second-order valence-corrected chi connectivity index (χ2v) is 3.11. The number of carbonyl (C=O) groups excluding carboxylic acids is 1. The van der Waals surface area contributed by atoms with Crippen molar-refractivity contribution in [2.75, 3.05) is 12.8 Å². The highest BCUT2D eigenvalue weighted by atomic mass is 19.4. The Balaban J connectivity index is 3.39. The number of aromatic nitrogens is 1. The molecule has 18 heavy (non-hydrogen) atoms. The molecule has 0 unspecified atom stereocenters. The third kappa shape index (κ3) is 3.00. The van der Waals surface area contributed by atoms with Gasteiger partial charge in [-0.3, -0.25) is 0 Å². The highest BCUT2D eigenvalue weighted by Gasteiger charge is 2.35. The monoisotopic (exact) mass is 265 g/mol. The Morgan fingerprint density at radius 3 is 2.56 bits per heavy atom. The molecule has 0 aromatic carbocycles. The number of halogens is 3. The average Bonchev–Trinajstić information content (AvgIpc) is 2.26. The van der Waals surface area contributed by atoms with E-state index < -0.39 is 23.8 Å². The molecular weight excluding hydrogens is 255 g/mol. The Morgan fingerprint density at radius 1 is 1.50 bits per heavy atom. The lowest BCUT2D eigenvalue weighted by molar-refractivity contribution is -0.275. The van der Waals surface area contributed by atoms with E-state index in [1.807, 2.05) is 0 Å². The molecule has 1 aromatic heterocycles. The Kier molecular flexibility index (Phi) is 3.96. The van der Waals surface area contributed by atoms with Crippen LogP contribution in [0.5, 0.6) is 5.75 Å². The summed E-state index contributed by atoms with van der Waals surface area (Å²) in [5.74, 6) is -1.92. The molecular formula is C9H10F3N3O3. The van der Waals surface area contributed by atoms with Gasteiger partial charge in [0, 0.05) is 12.1 Å². The first-order chi connectivity index (χ1) is 8.30. The van der Waals surface area contributed by atoms with Crippen LogP contribution in [0.25, 0.3) is 0 Å². The van der Waals surface area contributed by atoms with Crippen LogP contribution < -0.4 is 16.2 Å². The highest BCUT2D eigenvalue weighted by molar-refractivity contribution is 5.91. The van der Waals surface area contributed by atoms with E-state index in [1.165, 1.54) is 0 Å². The Hall–Kier alpha value is -2.03. The number of ether oxygens (including phenoxy) is 2. The smallest absolute Gasteiger partial charge is 0.464 e. The maximum Gasteiger partial charge on any atom is 0.573 e. The van der Waals surface area contributed by atoms with Gasteiger partial charge in [0.15, 0.2) is 11.4 Å². The van der Waals surface area contributed by atoms with Crippen molar-refractivity contribution in [1.82, 2.24) is 4.98 Å². The van der Waals surface area contributed by atoms with Gasteiger partial charge < -0.3 is 20.9 Å². The lowest BCUT2D eigenvalue weighted by Gasteiger charge is -2.16. The minimum atomic E-state index is -5.00. The van der Waals surface area contributed by atoms with E-state index in [9.17, 15) is 18.0 Å². The average molecular weight is 265 g/mol. The van der Waals surface area contributed by atoms with Crippen LogP contribution in [0.2, 0.25) is 0 Å². The zero-order valence-corrected chi connectivity index (χ0v) is 9.25. The van der Waals surface area contributed by atoms with Gasteiger partial charge in [-0.15, -0.1) is 13.2 Å². The lowest BCUT2D eigenvalue weighted by atomic mass is 10.1. The third-order valence-corrected chi connectivity index (χ3v) is 1.97. The first-order valence-electron chi connectivity index (χ1n) is 4.61. The van der Waals surface area contributed by atoms with Crippen molar-refractivity contribution in [3.63, 3.8) is 0 Å². The van der Waals surface area contributed by atoms with Crippen molar-refractivity contribution in [2.45, 2.75) is 12.9 Å². The maximum absolute atomic E-state index is 12.3. The summed E-state index contributed by atoms with van der Waals surface area (Å²) in [6.45, 7) is -0.343.